The van der Waals surface area contributed by atoms with Gasteiger partial charge in [-0.15, -0.1) is 0 Å². The van der Waals surface area contributed by atoms with Crippen molar-refractivity contribution in [1.82, 2.24) is 0 Å². The Morgan fingerprint density at radius 3 is 2.64 bits per heavy atom. The van der Waals surface area contributed by atoms with E-state index in [4.69, 9.17) is 21.3 Å². The molecule has 0 aromatic heterocycles. The number of esters is 1. The van der Waals surface area contributed by atoms with Gasteiger partial charge in [-0.25, -0.2) is 4.79 Å². The normalized spacial score (nSPS) is 25.9. The molecule has 0 bridgehead atoms. The fourth-order valence-corrected chi connectivity index (χ4v) is 5.04. The second kappa shape index (κ2) is 8.20. The number of hydrogen-bond donors (Lipinski definition) is 0. The number of carbonyl (C=O) groups is 2. The number of ether oxygens (including phenoxy) is 1. The number of allylic oxidation sites excluding steroid dienone is 1. The molecule has 1 aromatic carbocycles. The van der Waals surface area contributed by atoms with Crippen LogP contribution in [0.25, 0.3) is 0 Å². The lowest BCUT2D eigenvalue weighted by Gasteiger charge is -2.36. The summed E-state index contributed by atoms with van der Waals surface area (Å²) in [5, 5.41) is 0.600. The maximum Gasteiger partial charge on any atom is 0.336 e. The van der Waals surface area contributed by atoms with Crippen LogP contribution in [-0.4, -0.2) is 23.6 Å². The maximum absolute atomic E-state index is 13.2. The third-order valence-corrected chi connectivity index (χ3v) is 6.40. The first-order chi connectivity index (χ1) is 13.5. The highest BCUT2D eigenvalue weighted by Crippen LogP contribution is 2.43. The minimum atomic E-state index is -0.384. The van der Waals surface area contributed by atoms with Gasteiger partial charge in [-0.3, -0.25) is 9.79 Å². The van der Waals surface area contributed by atoms with Crippen LogP contribution in [-0.2, 0) is 14.3 Å². The molecule has 4 nitrogen and oxygen atoms in total. The van der Waals surface area contributed by atoms with Gasteiger partial charge in [0, 0.05) is 28.8 Å². The number of Topliss-reactive ketones (excluding diaryl/α,β-unsaturated/α-hetero) is 1. The molecule has 28 heavy (non-hydrogen) atoms. The van der Waals surface area contributed by atoms with Crippen molar-refractivity contribution in [3.05, 3.63) is 46.1 Å². The van der Waals surface area contributed by atoms with E-state index in [0.29, 0.717) is 22.7 Å². The first kappa shape index (κ1) is 19.4. The molecular weight excluding hydrogens is 374 g/mol. The summed E-state index contributed by atoms with van der Waals surface area (Å²) in [6, 6.07) is 7.48. The van der Waals surface area contributed by atoms with Crippen LogP contribution in [0.4, 0.5) is 0 Å². The summed E-state index contributed by atoms with van der Waals surface area (Å²) in [4.78, 5) is 30.8. The number of nitrogens with zero attached hydrogens (tertiary/aromatic N) is 1. The number of fused-ring (bicyclic) bond motifs is 1. The van der Waals surface area contributed by atoms with Crippen molar-refractivity contribution in [1.29, 1.82) is 0 Å². The second-order valence-electron chi connectivity index (χ2n) is 8.10. The summed E-state index contributed by atoms with van der Waals surface area (Å²) in [5.41, 5.74) is 2.98. The molecule has 0 spiro atoms. The third kappa shape index (κ3) is 3.80. The van der Waals surface area contributed by atoms with Crippen LogP contribution in [0, 0.1) is 5.92 Å². The zero-order chi connectivity index (χ0) is 19.7. The quantitative estimate of drug-likeness (QED) is 0.639. The van der Waals surface area contributed by atoms with Crippen molar-refractivity contribution in [3.8, 4) is 0 Å². The predicted molar refractivity (Wildman–Crippen MR) is 110 cm³/mol. The monoisotopic (exact) mass is 399 g/mol. The van der Waals surface area contributed by atoms with E-state index in [1.807, 2.05) is 31.2 Å². The van der Waals surface area contributed by atoms with Crippen molar-refractivity contribution in [3.63, 3.8) is 0 Å². The summed E-state index contributed by atoms with van der Waals surface area (Å²) >= 11 is 6.25. The summed E-state index contributed by atoms with van der Waals surface area (Å²) < 4.78 is 5.89. The molecule has 0 saturated heterocycles. The van der Waals surface area contributed by atoms with Gasteiger partial charge in [-0.05, 0) is 63.1 Å². The van der Waals surface area contributed by atoms with Gasteiger partial charge in [0.1, 0.15) is 11.9 Å². The Morgan fingerprint density at radius 1 is 1.11 bits per heavy atom. The number of hydrogen-bond acceptors (Lipinski definition) is 4. The van der Waals surface area contributed by atoms with E-state index in [9.17, 15) is 9.59 Å². The lowest BCUT2D eigenvalue weighted by atomic mass is 9.69. The summed E-state index contributed by atoms with van der Waals surface area (Å²) in [7, 11) is 0. The molecule has 4 rings (SSSR count). The van der Waals surface area contributed by atoms with Crippen LogP contribution in [0.3, 0.4) is 0 Å². The Labute approximate surface area is 171 Å². The molecule has 2 aliphatic carbocycles. The Kier molecular flexibility index (Phi) is 5.68. The zero-order valence-electron chi connectivity index (χ0n) is 16.2. The average molecular weight is 400 g/mol. The van der Waals surface area contributed by atoms with Gasteiger partial charge >= 0.3 is 5.97 Å². The van der Waals surface area contributed by atoms with Crippen LogP contribution in [0.5, 0.6) is 0 Å². The molecule has 0 N–H and O–H groups in total. The number of aliphatic imine (C=N–C) groups is 1. The van der Waals surface area contributed by atoms with Gasteiger partial charge in [-0.2, -0.15) is 0 Å². The number of rotatable bonds is 3. The highest BCUT2D eigenvalue weighted by atomic mass is 35.5. The minimum absolute atomic E-state index is 0.0333. The Balaban J connectivity index is 1.74. The molecule has 0 amide bonds. The molecule has 1 aromatic rings. The third-order valence-electron chi connectivity index (χ3n) is 6.16. The summed E-state index contributed by atoms with van der Waals surface area (Å²) in [6.07, 6.45) is 7.34. The number of carbonyl (C=O) groups excluding carboxylic acids is 2. The van der Waals surface area contributed by atoms with Gasteiger partial charge in [0.05, 0.1) is 11.5 Å². The number of halogens is 1. The van der Waals surface area contributed by atoms with Crippen molar-refractivity contribution in [2.24, 2.45) is 10.9 Å². The van der Waals surface area contributed by atoms with Gasteiger partial charge in [0.15, 0.2) is 0 Å². The molecule has 2 atom stereocenters. The van der Waals surface area contributed by atoms with Crippen LogP contribution in [0.2, 0.25) is 5.02 Å². The molecule has 2 fully saturated rings. The summed E-state index contributed by atoms with van der Waals surface area (Å²) in [6.45, 7) is 1.86. The average Bonchev–Trinajstić information content (AvgIpc) is 2.68. The van der Waals surface area contributed by atoms with Gasteiger partial charge in [0.2, 0.25) is 0 Å². The highest BCUT2D eigenvalue weighted by Gasteiger charge is 2.44. The van der Waals surface area contributed by atoms with Crippen molar-refractivity contribution >= 4 is 29.1 Å². The van der Waals surface area contributed by atoms with E-state index in [2.05, 4.69) is 0 Å². The maximum atomic E-state index is 13.2. The smallest absolute Gasteiger partial charge is 0.336 e. The molecule has 1 heterocycles. The van der Waals surface area contributed by atoms with E-state index < -0.39 is 0 Å². The lowest BCUT2D eigenvalue weighted by Crippen LogP contribution is -2.39. The van der Waals surface area contributed by atoms with Crippen molar-refractivity contribution < 1.29 is 14.3 Å². The molecule has 3 aliphatic rings. The first-order valence-electron chi connectivity index (χ1n) is 10.3. The minimum Gasteiger partial charge on any atom is -0.459 e. The van der Waals surface area contributed by atoms with E-state index in [1.54, 1.807) is 0 Å². The zero-order valence-corrected chi connectivity index (χ0v) is 17.0. The van der Waals surface area contributed by atoms with E-state index >= 15 is 0 Å². The second-order valence-corrected chi connectivity index (χ2v) is 8.53. The van der Waals surface area contributed by atoms with Crippen LogP contribution >= 0.6 is 11.6 Å². The fraction of sp³-hybridized carbons (Fsp3) is 0.522. The van der Waals surface area contributed by atoms with Gasteiger partial charge in [-0.1, -0.05) is 30.2 Å². The van der Waals surface area contributed by atoms with Crippen LogP contribution in [0.15, 0.2) is 40.5 Å². The van der Waals surface area contributed by atoms with Crippen molar-refractivity contribution in [2.45, 2.75) is 70.3 Å². The van der Waals surface area contributed by atoms with Gasteiger partial charge < -0.3 is 4.74 Å². The number of benzene rings is 1. The standard InChI is InChI=1S/C23H26ClNO3/c1-14-20(23(27)28-17-9-3-2-4-10-17)21(15-7-5-8-16(24)13-15)22-18(25-14)11-6-12-19(22)26/h5,7-8,13,17,21-22H,2-4,6,9-12H2,1H3. The Morgan fingerprint density at radius 2 is 1.89 bits per heavy atom. The molecule has 2 unspecified atom stereocenters. The Bertz CT molecular complexity index is 851. The van der Waals surface area contributed by atoms with E-state index in [1.165, 1.54) is 6.42 Å². The Hall–Kier alpha value is -1.94. The highest BCUT2D eigenvalue weighted by molar-refractivity contribution is 6.30. The molecule has 5 heteroatoms. The first-order valence-corrected chi connectivity index (χ1v) is 10.7. The van der Waals surface area contributed by atoms with E-state index in [0.717, 1.165) is 49.8 Å². The predicted octanol–water partition coefficient (Wildman–Crippen LogP) is 5.40. The topological polar surface area (TPSA) is 55.7 Å². The van der Waals surface area contributed by atoms with Gasteiger partial charge in [0.25, 0.3) is 0 Å². The summed E-state index contributed by atoms with van der Waals surface area (Å²) in [5.74, 6) is -0.916. The molecule has 0 radical (unpaired) electrons. The molecule has 2 saturated carbocycles. The van der Waals surface area contributed by atoms with E-state index in [-0.39, 0.29) is 29.7 Å². The van der Waals surface area contributed by atoms with Crippen LogP contribution in [0.1, 0.15) is 69.8 Å². The number of ketones is 1. The molecule has 1 aliphatic heterocycles. The van der Waals surface area contributed by atoms with Crippen LogP contribution < -0.4 is 0 Å². The van der Waals surface area contributed by atoms with Crippen molar-refractivity contribution in [2.75, 3.05) is 0 Å². The fourth-order valence-electron chi connectivity index (χ4n) is 4.84. The molecule has 148 valence electrons. The molecular formula is C23H26ClNO3. The largest absolute Gasteiger partial charge is 0.459 e. The SMILES string of the molecule is CC1=C(C(=O)OC2CCCCC2)C(c2cccc(Cl)c2)C2C(=O)CCCC2=N1. The lowest BCUT2D eigenvalue weighted by molar-refractivity contribution is -0.146.